The molecule has 1 aliphatic heterocycles. The lowest BCUT2D eigenvalue weighted by atomic mass is 10.0. The van der Waals surface area contributed by atoms with E-state index in [0.717, 1.165) is 47.6 Å². The highest BCUT2D eigenvalue weighted by atomic mass is 32.1. The van der Waals surface area contributed by atoms with Crippen molar-refractivity contribution in [3.05, 3.63) is 10.6 Å². The minimum Gasteiger partial charge on any atom is -0.348 e. The van der Waals surface area contributed by atoms with E-state index in [9.17, 15) is 4.79 Å². The van der Waals surface area contributed by atoms with Gasteiger partial charge in [0.15, 0.2) is 10.9 Å². The molecule has 1 atom stereocenters. The van der Waals surface area contributed by atoms with Crippen molar-refractivity contribution in [2.45, 2.75) is 39.0 Å². The number of carbonyl (C=O) groups excluding carboxylic acids is 1. The highest BCUT2D eigenvalue weighted by Crippen LogP contribution is 2.34. The first-order valence-electron chi connectivity index (χ1n) is 6.55. The van der Waals surface area contributed by atoms with Gasteiger partial charge in [0, 0.05) is 19.5 Å². The average Bonchev–Trinajstić information content (AvgIpc) is 2.95. The molecule has 1 aromatic rings. The molecule has 0 bridgehead atoms. The molecule has 2 heterocycles. The van der Waals surface area contributed by atoms with Gasteiger partial charge in [-0.25, -0.2) is 4.98 Å². The summed E-state index contributed by atoms with van der Waals surface area (Å²) in [6.07, 6.45) is 5.21. The number of rotatable bonds is 2. The monoisotopic (exact) mass is 250 g/mol. The number of aromatic nitrogens is 1. The molecule has 1 aliphatic carbocycles. The number of fused-ring (bicyclic) bond motifs is 1. The standard InChI is InChI=1S/C13H18N2OS/c1-2-9-6-7-15(8-9)13-14-10-4-3-5-11(16)12(10)17-13/h9H,2-8H2,1H3. The number of carbonyl (C=O) groups is 1. The predicted octanol–water partition coefficient (Wildman–Crippen LogP) is 2.90. The Kier molecular flexibility index (Phi) is 2.90. The van der Waals surface area contributed by atoms with Crippen LogP contribution in [-0.4, -0.2) is 23.9 Å². The Morgan fingerprint density at radius 3 is 3.06 bits per heavy atom. The molecule has 0 radical (unpaired) electrons. The molecule has 1 unspecified atom stereocenters. The Balaban J connectivity index is 1.83. The summed E-state index contributed by atoms with van der Waals surface area (Å²) in [5.41, 5.74) is 1.06. The van der Waals surface area contributed by atoms with Crippen LogP contribution in [-0.2, 0) is 6.42 Å². The van der Waals surface area contributed by atoms with E-state index >= 15 is 0 Å². The first kappa shape index (κ1) is 11.2. The number of hydrogen-bond donors (Lipinski definition) is 0. The fraction of sp³-hybridized carbons (Fsp3) is 0.692. The Bertz CT molecular complexity index is 441. The highest BCUT2D eigenvalue weighted by Gasteiger charge is 2.27. The lowest BCUT2D eigenvalue weighted by molar-refractivity contribution is 0.0976. The Labute approximate surface area is 106 Å². The third-order valence-electron chi connectivity index (χ3n) is 3.89. The van der Waals surface area contributed by atoms with Gasteiger partial charge in [-0.2, -0.15) is 0 Å². The first-order valence-corrected chi connectivity index (χ1v) is 7.37. The fourth-order valence-corrected chi connectivity index (χ4v) is 3.85. The topological polar surface area (TPSA) is 33.2 Å². The van der Waals surface area contributed by atoms with Crippen LogP contribution in [0.3, 0.4) is 0 Å². The summed E-state index contributed by atoms with van der Waals surface area (Å²) in [5, 5.41) is 1.08. The van der Waals surface area contributed by atoms with Gasteiger partial charge in [-0.3, -0.25) is 4.79 Å². The summed E-state index contributed by atoms with van der Waals surface area (Å²) in [6, 6.07) is 0. The van der Waals surface area contributed by atoms with E-state index in [1.54, 1.807) is 11.3 Å². The molecule has 0 amide bonds. The van der Waals surface area contributed by atoms with E-state index in [1.807, 2.05) is 0 Å². The van der Waals surface area contributed by atoms with Gasteiger partial charge in [-0.15, -0.1) is 0 Å². The Morgan fingerprint density at radius 1 is 1.47 bits per heavy atom. The summed E-state index contributed by atoms with van der Waals surface area (Å²) >= 11 is 1.62. The lowest BCUT2D eigenvalue weighted by Crippen LogP contribution is -2.19. The van der Waals surface area contributed by atoms with Crippen molar-refractivity contribution < 1.29 is 4.79 Å². The maximum atomic E-state index is 11.8. The van der Waals surface area contributed by atoms with E-state index in [4.69, 9.17) is 0 Å². The lowest BCUT2D eigenvalue weighted by Gasteiger charge is -2.13. The summed E-state index contributed by atoms with van der Waals surface area (Å²) in [7, 11) is 0. The van der Waals surface area contributed by atoms with E-state index in [1.165, 1.54) is 12.8 Å². The fourth-order valence-electron chi connectivity index (χ4n) is 2.73. The molecule has 0 aromatic carbocycles. The van der Waals surface area contributed by atoms with Gasteiger partial charge in [0.1, 0.15) is 0 Å². The number of nitrogens with zero attached hydrogens (tertiary/aromatic N) is 2. The summed E-state index contributed by atoms with van der Waals surface area (Å²) < 4.78 is 0. The maximum absolute atomic E-state index is 11.8. The van der Waals surface area contributed by atoms with Gasteiger partial charge in [0.05, 0.1) is 10.6 Å². The minimum atomic E-state index is 0.307. The number of aryl methyl sites for hydroxylation is 1. The van der Waals surface area contributed by atoms with Gasteiger partial charge in [0.25, 0.3) is 0 Å². The number of hydrogen-bond acceptors (Lipinski definition) is 4. The van der Waals surface area contributed by atoms with Crippen molar-refractivity contribution in [3.8, 4) is 0 Å². The minimum absolute atomic E-state index is 0.307. The normalized spacial score (nSPS) is 24.2. The van der Waals surface area contributed by atoms with Crippen LogP contribution in [0.5, 0.6) is 0 Å². The van der Waals surface area contributed by atoms with E-state index in [-0.39, 0.29) is 0 Å². The molecule has 0 saturated carbocycles. The number of anilines is 1. The Hall–Kier alpha value is -0.900. The zero-order valence-electron chi connectivity index (χ0n) is 10.2. The number of thiazole rings is 1. The van der Waals surface area contributed by atoms with Crippen molar-refractivity contribution in [1.29, 1.82) is 0 Å². The molecular formula is C13H18N2OS. The van der Waals surface area contributed by atoms with Crippen molar-refractivity contribution in [2.75, 3.05) is 18.0 Å². The predicted molar refractivity (Wildman–Crippen MR) is 70.0 cm³/mol. The average molecular weight is 250 g/mol. The molecule has 4 heteroatoms. The zero-order valence-corrected chi connectivity index (χ0v) is 11.1. The molecule has 92 valence electrons. The number of ketones is 1. The zero-order chi connectivity index (χ0) is 11.8. The van der Waals surface area contributed by atoms with Crippen LogP contribution in [0, 0.1) is 5.92 Å². The van der Waals surface area contributed by atoms with Crippen LogP contribution in [0.25, 0.3) is 0 Å². The molecule has 3 rings (SSSR count). The molecular weight excluding hydrogens is 232 g/mol. The summed E-state index contributed by atoms with van der Waals surface area (Å²) in [4.78, 5) is 19.8. The summed E-state index contributed by atoms with van der Waals surface area (Å²) in [5.74, 6) is 1.12. The van der Waals surface area contributed by atoms with E-state index in [0.29, 0.717) is 12.2 Å². The van der Waals surface area contributed by atoms with Crippen LogP contribution < -0.4 is 4.90 Å². The quantitative estimate of drug-likeness (QED) is 0.809. The molecule has 17 heavy (non-hydrogen) atoms. The van der Waals surface area contributed by atoms with Crippen LogP contribution in [0.4, 0.5) is 5.13 Å². The second kappa shape index (κ2) is 4.41. The van der Waals surface area contributed by atoms with E-state index < -0.39 is 0 Å². The van der Waals surface area contributed by atoms with Gasteiger partial charge in [0.2, 0.25) is 0 Å². The van der Waals surface area contributed by atoms with Crippen LogP contribution in [0.2, 0.25) is 0 Å². The van der Waals surface area contributed by atoms with Crippen molar-refractivity contribution in [1.82, 2.24) is 4.98 Å². The van der Waals surface area contributed by atoms with E-state index in [2.05, 4.69) is 16.8 Å². The number of Topliss-reactive ketones (excluding diaryl/α,β-unsaturated/α-hetero) is 1. The SMILES string of the molecule is CCC1CCN(c2nc3c(s2)C(=O)CCC3)C1. The van der Waals surface area contributed by atoms with Crippen LogP contribution >= 0.6 is 11.3 Å². The molecule has 2 aliphatic rings. The van der Waals surface area contributed by atoms with Gasteiger partial charge < -0.3 is 4.90 Å². The van der Waals surface area contributed by atoms with Crippen LogP contribution in [0.1, 0.15) is 48.0 Å². The van der Waals surface area contributed by atoms with Crippen LogP contribution in [0.15, 0.2) is 0 Å². The third kappa shape index (κ3) is 1.99. The van der Waals surface area contributed by atoms with Crippen molar-refractivity contribution in [3.63, 3.8) is 0 Å². The molecule has 1 fully saturated rings. The van der Waals surface area contributed by atoms with Gasteiger partial charge in [-0.1, -0.05) is 24.7 Å². The molecule has 1 aromatic heterocycles. The third-order valence-corrected chi connectivity index (χ3v) is 5.09. The molecule has 3 nitrogen and oxygen atoms in total. The van der Waals surface area contributed by atoms with Crippen molar-refractivity contribution in [2.24, 2.45) is 5.92 Å². The molecule has 0 N–H and O–H groups in total. The molecule has 0 spiro atoms. The second-order valence-electron chi connectivity index (χ2n) is 5.06. The summed E-state index contributed by atoms with van der Waals surface area (Å²) in [6.45, 7) is 4.49. The highest BCUT2D eigenvalue weighted by molar-refractivity contribution is 7.17. The smallest absolute Gasteiger partial charge is 0.186 e. The van der Waals surface area contributed by atoms with Gasteiger partial charge >= 0.3 is 0 Å². The van der Waals surface area contributed by atoms with Gasteiger partial charge in [-0.05, 0) is 25.2 Å². The molecule has 1 saturated heterocycles. The first-order chi connectivity index (χ1) is 8.28. The second-order valence-corrected chi connectivity index (χ2v) is 6.04. The maximum Gasteiger partial charge on any atom is 0.186 e. The largest absolute Gasteiger partial charge is 0.348 e. The van der Waals surface area contributed by atoms with Crippen molar-refractivity contribution >= 4 is 22.3 Å². The Morgan fingerprint density at radius 2 is 2.35 bits per heavy atom.